The molecule has 0 fully saturated rings. The van der Waals surface area contributed by atoms with Gasteiger partial charge in [0.05, 0.1) is 0 Å². The predicted octanol–water partition coefficient (Wildman–Crippen LogP) is 0.709. The number of aliphatic carboxylic acids is 1. The molecule has 5 nitrogen and oxygen atoms in total. The Labute approximate surface area is 84.4 Å². The summed E-state index contributed by atoms with van der Waals surface area (Å²) in [6.45, 7) is 0.559. The summed E-state index contributed by atoms with van der Waals surface area (Å²) in [4.78, 5) is 12.1. The van der Waals surface area contributed by atoms with Gasteiger partial charge in [0.1, 0.15) is 0 Å². The summed E-state index contributed by atoms with van der Waals surface area (Å²) in [5, 5.41) is 8.85. The molecular formula is C8H15N2O3P. The normalized spacial score (nSPS) is 12.2. The third kappa shape index (κ3) is 5.20. The van der Waals surface area contributed by atoms with Crippen molar-refractivity contribution in [2.45, 2.75) is 25.3 Å². The first-order chi connectivity index (χ1) is 6.63. The van der Waals surface area contributed by atoms with Gasteiger partial charge in [0.25, 0.3) is 0 Å². The summed E-state index contributed by atoms with van der Waals surface area (Å²) in [6, 6.07) is -0.664. The summed E-state index contributed by atoms with van der Waals surface area (Å²) in [5.41, 5.74) is 5.30. The van der Waals surface area contributed by atoms with E-state index in [-0.39, 0.29) is 7.92 Å². The van der Waals surface area contributed by atoms with E-state index < -0.39 is 12.0 Å². The first kappa shape index (κ1) is 13.4. The number of hydrogen-bond acceptors (Lipinski definition) is 4. The molecule has 0 bridgehead atoms. The number of carboxylic acid groups (broad SMARTS) is 1. The molecule has 6 heteroatoms. The summed E-state index contributed by atoms with van der Waals surface area (Å²) >= 11 is 0. The fourth-order valence-corrected chi connectivity index (χ4v) is 1.37. The number of hydrogen-bond donors (Lipinski definition) is 2. The van der Waals surface area contributed by atoms with Crippen molar-refractivity contribution in [1.82, 2.24) is 4.90 Å². The van der Waals surface area contributed by atoms with Crippen LogP contribution in [-0.4, -0.2) is 35.6 Å². The standard InChI is InChI=1S/C8H15N2O3P/c1-10(6-14-13)7(8(11)12)4-2-3-5-9/h7H,2-5,9H2,1H3,(H,11,12)/t7-/m0/s1. The maximum absolute atomic E-state index is 10.8. The second kappa shape index (κ2) is 7.77. The van der Waals surface area contributed by atoms with Gasteiger partial charge < -0.3 is 0 Å². The Hall–Kier alpha value is -0.600. The number of unbranched alkanes of at least 4 members (excludes halogenated alkanes) is 1. The molecular weight excluding hydrogens is 203 g/mol. The average molecular weight is 218 g/mol. The molecule has 0 radical (unpaired) electrons. The Kier molecular flexibility index (Phi) is 7.44. The molecule has 80 valence electrons. The van der Waals surface area contributed by atoms with Crippen LogP contribution in [0.4, 0.5) is 0 Å². The molecule has 0 aliphatic carbocycles. The molecule has 0 unspecified atom stereocenters. The van der Waals surface area contributed by atoms with Crippen molar-refractivity contribution >= 4 is 13.9 Å². The van der Waals surface area contributed by atoms with Gasteiger partial charge in [0.2, 0.25) is 0 Å². The average Bonchev–Trinajstić information content (AvgIpc) is 2.12. The molecule has 0 aliphatic heterocycles. The monoisotopic (exact) mass is 218 g/mol. The van der Waals surface area contributed by atoms with Gasteiger partial charge in [-0.15, -0.1) is 0 Å². The quantitative estimate of drug-likeness (QED) is 0.389. The van der Waals surface area contributed by atoms with Gasteiger partial charge in [-0.3, -0.25) is 0 Å². The van der Waals surface area contributed by atoms with Crippen molar-refractivity contribution in [3.8, 4) is 5.75 Å². The zero-order valence-electron chi connectivity index (χ0n) is 8.14. The number of carboxylic acids is 1. The Balaban J connectivity index is 4.19. The first-order valence-corrected chi connectivity index (χ1v) is 5.18. The second-order valence-corrected chi connectivity index (χ2v) is 3.32. The minimum absolute atomic E-state index is 0.300. The Bertz CT molecular complexity index is 275. The molecule has 0 amide bonds. The summed E-state index contributed by atoms with van der Waals surface area (Å²) in [7, 11) is 1.25. The van der Waals surface area contributed by atoms with Gasteiger partial charge in [0, 0.05) is 0 Å². The first-order valence-electron chi connectivity index (χ1n) is 4.37. The summed E-state index contributed by atoms with van der Waals surface area (Å²) in [6.07, 6.45) is 2.04. The van der Waals surface area contributed by atoms with Crippen LogP contribution >= 0.6 is 7.92 Å². The second-order valence-electron chi connectivity index (χ2n) is 2.94. The molecule has 0 heterocycles. The van der Waals surface area contributed by atoms with Crippen molar-refractivity contribution in [2.75, 3.05) is 13.6 Å². The molecule has 0 aromatic carbocycles. The number of carbonyl (C=O) groups is 1. The fraction of sp³-hybridized carbons (Fsp3) is 0.750. The fourth-order valence-electron chi connectivity index (χ4n) is 1.10. The number of rotatable bonds is 6. The van der Waals surface area contributed by atoms with Crippen LogP contribution in [0.15, 0.2) is 0 Å². The van der Waals surface area contributed by atoms with Crippen molar-refractivity contribution in [3.63, 3.8) is 0 Å². The van der Waals surface area contributed by atoms with Crippen molar-refractivity contribution < 1.29 is 14.5 Å². The molecule has 0 rings (SSSR count). The minimum atomic E-state index is -0.930. The topological polar surface area (TPSA) is 83.6 Å². The summed E-state index contributed by atoms with van der Waals surface area (Å²) in [5.74, 6) is 1.46. The molecule has 0 spiro atoms. The van der Waals surface area contributed by atoms with Crippen molar-refractivity contribution in [1.29, 1.82) is 0 Å². The molecule has 0 saturated heterocycles. The number of likely N-dealkylation sites (N-methyl/N-ethyl adjacent to an activating group) is 1. The number of nitrogens with zero attached hydrogens (tertiary/aromatic N) is 1. The van der Waals surface area contributed by atoms with Crippen molar-refractivity contribution in [2.24, 2.45) is 5.73 Å². The van der Waals surface area contributed by atoms with E-state index in [4.69, 9.17) is 10.8 Å². The van der Waals surface area contributed by atoms with Crippen LogP contribution in [0.5, 0.6) is 0 Å². The Morgan fingerprint density at radius 3 is 2.71 bits per heavy atom. The molecule has 3 N–H and O–H groups in total. The van der Waals surface area contributed by atoms with Crippen LogP contribution < -0.4 is 5.73 Å². The molecule has 14 heavy (non-hydrogen) atoms. The van der Waals surface area contributed by atoms with Gasteiger partial charge in [-0.2, -0.15) is 0 Å². The van der Waals surface area contributed by atoms with E-state index in [0.29, 0.717) is 13.0 Å². The van der Waals surface area contributed by atoms with E-state index in [1.54, 1.807) is 7.05 Å². The molecule has 0 saturated carbocycles. The Morgan fingerprint density at radius 1 is 1.64 bits per heavy atom. The van der Waals surface area contributed by atoms with Crippen molar-refractivity contribution in [3.05, 3.63) is 0 Å². The van der Waals surface area contributed by atoms with E-state index in [1.165, 1.54) is 4.90 Å². The predicted molar refractivity (Wildman–Crippen MR) is 53.6 cm³/mol. The van der Waals surface area contributed by atoms with E-state index in [2.05, 4.69) is 5.75 Å². The van der Waals surface area contributed by atoms with Gasteiger partial charge in [0.15, 0.2) is 0 Å². The van der Waals surface area contributed by atoms with Crippen LogP contribution in [0.1, 0.15) is 19.3 Å². The van der Waals surface area contributed by atoms with Crippen LogP contribution in [0.2, 0.25) is 0 Å². The molecule has 1 atom stereocenters. The SMILES string of the molecule is CN(C#P=O)[C@@H](CCCCN)C(=O)O. The third-order valence-electron chi connectivity index (χ3n) is 1.88. The zero-order chi connectivity index (χ0) is 11.0. The van der Waals surface area contributed by atoms with Crippen LogP contribution in [0.25, 0.3) is 0 Å². The summed E-state index contributed by atoms with van der Waals surface area (Å²) < 4.78 is 10.2. The van der Waals surface area contributed by atoms with Gasteiger partial charge in [-0.1, -0.05) is 0 Å². The van der Waals surface area contributed by atoms with Crippen LogP contribution in [-0.2, 0) is 9.36 Å². The van der Waals surface area contributed by atoms with E-state index in [1.807, 2.05) is 0 Å². The van der Waals surface area contributed by atoms with Crippen LogP contribution in [0, 0.1) is 5.75 Å². The van der Waals surface area contributed by atoms with Gasteiger partial charge in [-0.05, 0) is 0 Å². The Morgan fingerprint density at radius 2 is 2.29 bits per heavy atom. The van der Waals surface area contributed by atoms with E-state index in [0.717, 1.165) is 12.8 Å². The van der Waals surface area contributed by atoms with E-state index >= 15 is 0 Å². The van der Waals surface area contributed by atoms with Gasteiger partial charge >= 0.3 is 83.6 Å². The zero-order valence-corrected chi connectivity index (χ0v) is 9.04. The molecule has 0 aromatic rings. The van der Waals surface area contributed by atoms with E-state index in [9.17, 15) is 9.36 Å². The number of nitrogens with two attached hydrogens (primary N) is 1. The third-order valence-corrected chi connectivity index (χ3v) is 2.28. The molecule has 0 aromatic heterocycles. The maximum atomic E-state index is 10.8. The van der Waals surface area contributed by atoms with Crippen LogP contribution in [0.3, 0.4) is 0 Å². The van der Waals surface area contributed by atoms with Gasteiger partial charge in [-0.25, -0.2) is 0 Å². The molecule has 0 aliphatic rings.